The Kier molecular flexibility index (Phi) is 9.96. The summed E-state index contributed by atoms with van der Waals surface area (Å²) in [6, 6.07) is 8.32. The fourth-order valence-electron chi connectivity index (χ4n) is 2.28. The number of hydrogen-bond donors (Lipinski definition) is 2. The largest absolute Gasteiger partial charge is 0.356 e. The summed E-state index contributed by atoms with van der Waals surface area (Å²) < 4.78 is 0. The molecular formula is C18H31IN4O. The first kappa shape index (κ1) is 22.7. The van der Waals surface area contributed by atoms with Crippen molar-refractivity contribution in [2.24, 2.45) is 10.4 Å². The molecule has 0 bridgehead atoms. The average Bonchev–Trinajstić information content (AvgIpc) is 2.50. The third-order valence-corrected chi connectivity index (χ3v) is 3.88. The molecule has 24 heavy (non-hydrogen) atoms. The van der Waals surface area contributed by atoms with Gasteiger partial charge >= 0.3 is 0 Å². The zero-order valence-corrected chi connectivity index (χ0v) is 18.0. The van der Waals surface area contributed by atoms with Crippen LogP contribution in [0.3, 0.4) is 0 Å². The monoisotopic (exact) mass is 446 g/mol. The molecule has 0 heterocycles. The van der Waals surface area contributed by atoms with Gasteiger partial charge in [-0.15, -0.1) is 24.0 Å². The molecule has 0 atom stereocenters. The lowest BCUT2D eigenvalue weighted by Gasteiger charge is -2.28. The molecule has 6 heteroatoms. The average molecular weight is 446 g/mol. The highest BCUT2D eigenvalue weighted by molar-refractivity contribution is 14.0. The molecule has 0 unspecified atom stereocenters. The maximum atomic E-state index is 12.1. The van der Waals surface area contributed by atoms with Crippen LogP contribution >= 0.6 is 24.0 Å². The summed E-state index contributed by atoms with van der Waals surface area (Å²) in [5.41, 5.74) is 2.04. The Morgan fingerprint density at radius 2 is 1.88 bits per heavy atom. The Morgan fingerprint density at radius 1 is 1.25 bits per heavy atom. The van der Waals surface area contributed by atoms with Crippen molar-refractivity contribution in [2.45, 2.75) is 34.2 Å². The number of nitrogens with one attached hydrogen (secondary N) is 2. The first-order valence-corrected chi connectivity index (χ1v) is 8.06. The Labute approximate surface area is 163 Å². The van der Waals surface area contributed by atoms with Gasteiger partial charge in [0.05, 0.1) is 5.41 Å². The Morgan fingerprint density at radius 3 is 2.42 bits per heavy atom. The van der Waals surface area contributed by atoms with E-state index in [2.05, 4.69) is 39.6 Å². The van der Waals surface area contributed by atoms with E-state index in [0.717, 1.165) is 12.5 Å². The van der Waals surface area contributed by atoms with Crippen molar-refractivity contribution in [1.29, 1.82) is 0 Å². The Hall–Kier alpha value is -1.31. The lowest BCUT2D eigenvalue weighted by molar-refractivity contribution is -0.128. The zero-order chi connectivity index (χ0) is 17.5. The van der Waals surface area contributed by atoms with Crippen LogP contribution in [0.15, 0.2) is 29.3 Å². The highest BCUT2D eigenvalue weighted by Gasteiger charge is 2.27. The second-order valence-corrected chi connectivity index (χ2v) is 6.43. The summed E-state index contributed by atoms with van der Waals surface area (Å²) >= 11 is 0. The van der Waals surface area contributed by atoms with Gasteiger partial charge in [0.1, 0.15) is 0 Å². The van der Waals surface area contributed by atoms with E-state index in [4.69, 9.17) is 0 Å². The van der Waals surface area contributed by atoms with E-state index in [1.807, 2.05) is 40.0 Å². The number of aliphatic imine (C=N–C) groups is 1. The van der Waals surface area contributed by atoms with Gasteiger partial charge in [0.25, 0.3) is 0 Å². The van der Waals surface area contributed by atoms with Gasteiger partial charge in [0, 0.05) is 33.7 Å². The summed E-state index contributed by atoms with van der Waals surface area (Å²) in [6.45, 7) is 9.84. The first-order chi connectivity index (χ1) is 10.8. The van der Waals surface area contributed by atoms with Crippen molar-refractivity contribution in [3.8, 4) is 0 Å². The Balaban J connectivity index is 0.00000529. The fraction of sp³-hybridized carbons (Fsp3) is 0.556. The van der Waals surface area contributed by atoms with E-state index in [-0.39, 0.29) is 29.9 Å². The number of nitrogens with zero attached hydrogens (tertiary/aromatic N) is 2. The van der Waals surface area contributed by atoms with Crippen LogP contribution in [0, 0.1) is 12.3 Å². The normalized spacial score (nSPS) is 11.5. The predicted molar refractivity (Wildman–Crippen MR) is 112 cm³/mol. The molecule has 5 nitrogen and oxygen atoms in total. The van der Waals surface area contributed by atoms with Crippen LogP contribution in [0.1, 0.15) is 31.9 Å². The molecule has 0 spiro atoms. The van der Waals surface area contributed by atoms with E-state index < -0.39 is 5.41 Å². The molecule has 2 N–H and O–H groups in total. The number of hydrogen-bond acceptors (Lipinski definition) is 2. The molecule has 0 aliphatic heterocycles. The van der Waals surface area contributed by atoms with Gasteiger partial charge in [-0.25, -0.2) is 0 Å². The maximum Gasteiger partial charge on any atom is 0.227 e. The third kappa shape index (κ3) is 6.67. The van der Waals surface area contributed by atoms with Crippen molar-refractivity contribution >= 4 is 35.8 Å². The molecule has 0 aliphatic carbocycles. The van der Waals surface area contributed by atoms with Crippen LogP contribution < -0.4 is 10.6 Å². The second kappa shape index (κ2) is 10.5. The molecule has 0 aliphatic rings. The molecule has 1 aromatic rings. The quantitative estimate of drug-likeness (QED) is 0.402. The molecule has 136 valence electrons. The minimum atomic E-state index is -0.491. The molecule has 0 fully saturated rings. The maximum absolute atomic E-state index is 12.1. The molecule has 0 saturated carbocycles. The smallest absolute Gasteiger partial charge is 0.227 e. The van der Waals surface area contributed by atoms with Gasteiger partial charge in [-0.3, -0.25) is 9.79 Å². The van der Waals surface area contributed by atoms with Gasteiger partial charge < -0.3 is 15.5 Å². The first-order valence-electron chi connectivity index (χ1n) is 8.06. The summed E-state index contributed by atoms with van der Waals surface area (Å²) in [6.07, 6.45) is 0. The number of halogens is 1. The summed E-state index contributed by atoms with van der Waals surface area (Å²) in [7, 11) is 3.76. The van der Waals surface area contributed by atoms with E-state index in [9.17, 15) is 4.79 Å². The van der Waals surface area contributed by atoms with E-state index in [0.29, 0.717) is 13.1 Å². The lowest BCUT2D eigenvalue weighted by atomic mass is 9.92. The second-order valence-electron chi connectivity index (χ2n) is 6.43. The summed E-state index contributed by atoms with van der Waals surface area (Å²) in [4.78, 5) is 18.5. The van der Waals surface area contributed by atoms with Crippen LogP contribution in [-0.2, 0) is 11.3 Å². The number of carbonyl (C=O) groups excluding carboxylic acids is 1. The number of guanidine groups is 1. The SMILES string of the molecule is CCNC(=O)C(C)(C)CNC(=NC)N(C)Cc1ccccc1C.I. The number of rotatable bonds is 6. The zero-order valence-electron chi connectivity index (χ0n) is 15.6. The highest BCUT2D eigenvalue weighted by Crippen LogP contribution is 2.14. The van der Waals surface area contributed by atoms with Crippen LogP contribution in [-0.4, -0.2) is 44.0 Å². The van der Waals surface area contributed by atoms with Crippen LogP contribution in [0.25, 0.3) is 0 Å². The number of carbonyl (C=O) groups is 1. The topological polar surface area (TPSA) is 56.7 Å². The standard InChI is InChI=1S/C18H30N4O.HI/c1-7-20-16(23)18(3,4)13-21-17(19-5)22(6)12-15-11-9-8-10-14(15)2;/h8-11H,7,12-13H2,1-6H3,(H,19,21)(H,20,23);1H. The van der Waals surface area contributed by atoms with Crippen molar-refractivity contribution in [3.05, 3.63) is 35.4 Å². The number of benzene rings is 1. The molecule has 0 saturated heterocycles. The molecule has 1 amide bonds. The van der Waals surface area contributed by atoms with Crippen molar-refractivity contribution in [3.63, 3.8) is 0 Å². The van der Waals surface area contributed by atoms with E-state index >= 15 is 0 Å². The van der Waals surface area contributed by atoms with Crippen LogP contribution in [0.2, 0.25) is 0 Å². The van der Waals surface area contributed by atoms with E-state index in [1.54, 1.807) is 7.05 Å². The highest BCUT2D eigenvalue weighted by atomic mass is 127. The van der Waals surface area contributed by atoms with E-state index in [1.165, 1.54) is 11.1 Å². The fourth-order valence-corrected chi connectivity index (χ4v) is 2.28. The minimum absolute atomic E-state index is 0. The minimum Gasteiger partial charge on any atom is -0.356 e. The molecule has 0 aromatic heterocycles. The van der Waals surface area contributed by atoms with Gasteiger partial charge in [0.15, 0.2) is 5.96 Å². The van der Waals surface area contributed by atoms with Gasteiger partial charge in [-0.2, -0.15) is 0 Å². The van der Waals surface area contributed by atoms with Crippen LogP contribution in [0.4, 0.5) is 0 Å². The molecular weight excluding hydrogens is 415 g/mol. The third-order valence-electron chi connectivity index (χ3n) is 3.88. The Bertz CT molecular complexity index is 558. The molecule has 1 aromatic carbocycles. The van der Waals surface area contributed by atoms with Gasteiger partial charge in [-0.05, 0) is 38.8 Å². The van der Waals surface area contributed by atoms with Crippen molar-refractivity contribution in [1.82, 2.24) is 15.5 Å². The number of amides is 1. The number of aryl methyl sites for hydroxylation is 1. The van der Waals surface area contributed by atoms with Crippen molar-refractivity contribution in [2.75, 3.05) is 27.2 Å². The van der Waals surface area contributed by atoms with Gasteiger partial charge in [-0.1, -0.05) is 24.3 Å². The van der Waals surface area contributed by atoms with Gasteiger partial charge in [0.2, 0.25) is 5.91 Å². The van der Waals surface area contributed by atoms with Crippen LogP contribution in [0.5, 0.6) is 0 Å². The summed E-state index contributed by atoms with van der Waals surface area (Å²) in [5.74, 6) is 0.829. The molecule has 1 rings (SSSR count). The molecule has 0 radical (unpaired) electrons. The lowest BCUT2D eigenvalue weighted by Crippen LogP contribution is -2.48. The summed E-state index contributed by atoms with van der Waals surface area (Å²) in [5, 5.41) is 6.18. The van der Waals surface area contributed by atoms with Crippen molar-refractivity contribution < 1.29 is 4.79 Å². The predicted octanol–water partition coefficient (Wildman–Crippen LogP) is 2.78.